The Bertz CT molecular complexity index is 1370. The first-order chi connectivity index (χ1) is 16.5. The molecule has 0 aliphatic carbocycles. The number of anilines is 1. The van der Waals surface area contributed by atoms with Crippen LogP contribution in [0.3, 0.4) is 0 Å². The zero-order chi connectivity index (χ0) is 23.6. The number of amides is 2. The summed E-state index contributed by atoms with van der Waals surface area (Å²) in [5.41, 5.74) is 2.65. The summed E-state index contributed by atoms with van der Waals surface area (Å²) in [5.74, 6) is -3.05. The van der Waals surface area contributed by atoms with Gasteiger partial charge in [-0.1, -0.05) is 52.3 Å². The van der Waals surface area contributed by atoms with Gasteiger partial charge in [-0.3, -0.25) is 14.4 Å². The minimum Gasteiger partial charge on any atom is -0.358 e. The van der Waals surface area contributed by atoms with Gasteiger partial charge >= 0.3 is 0 Å². The molecule has 5 nitrogen and oxygen atoms in total. The Hall–Kier alpha value is -3.58. The number of hydrogen-bond donors (Lipinski definition) is 0. The molecule has 6 rings (SSSR count). The van der Waals surface area contributed by atoms with Gasteiger partial charge in [0.25, 0.3) is 0 Å². The van der Waals surface area contributed by atoms with E-state index in [2.05, 4.69) is 15.9 Å². The molecule has 3 aromatic carbocycles. The molecule has 0 saturated carbocycles. The molecular formula is C27H18BrFN2O3. The molecule has 34 heavy (non-hydrogen) atoms. The summed E-state index contributed by atoms with van der Waals surface area (Å²) in [6.07, 6.45) is 3.75. The van der Waals surface area contributed by atoms with E-state index in [1.807, 2.05) is 41.4 Å². The van der Waals surface area contributed by atoms with E-state index >= 15 is 0 Å². The number of benzene rings is 3. The Balaban J connectivity index is 1.49. The zero-order valence-electron chi connectivity index (χ0n) is 17.8. The van der Waals surface area contributed by atoms with Gasteiger partial charge in [-0.2, -0.15) is 0 Å². The van der Waals surface area contributed by atoms with Gasteiger partial charge in [0.1, 0.15) is 11.9 Å². The van der Waals surface area contributed by atoms with E-state index in [4.69, 9.17) is 0 Å². The third-order valence-corrected chi connectivity index (χ3v) is 7.47. The second-order valence-corrected chi connectivity index (χ2v) is 9.61. The number of carbonyl (C=O) groups excluding carboxylic acids is 3. The average molecular weight is 517 g/mol. The van der Waals surface area contributed by atoms with Crippen LogP contribution in [0.1, 0.15) is 27.5 Å². The summed E-state index contributed by atoms with van der Waals surface area (Å²) in [6, 6.07) is 18.7. The molecule has 3 aliphatic rings. The summed E-state index contributed by atoms with van der Waals surface area (Å²) in [7, 11) is 0. The molecule has 0 aromatic heterocycles. The van der Waals surface area contributed by atoms with E-state index in [9.17, 15) is 18.8 Å². The van der Waals surface area contributed by atoms with E-state index in [0.717, 1.165) is 20.5 Å². The molecule has 2 amide bonds. The Labute approximate surface area is 203 Å². The molecule has 3 aromatic rings. The van der Waals surface area contributed by atoms with Gasteiger partial charge in [-0.25, -0.2) is 9.29 Å². The Kier molecular flexibility index (Phi) is 4.78. The largest absolute Gasteiger partial charge is 0.358 e. The molecular weight excluding hydrogens is 499 g/mol. The van der Waals surface area contributed by atoms with Gasteiger partial charge in [-0.05, 0) is 53.6 Å². The molecule has 0 spiro atoms. The average Bonchev–Trinajstić information content (AvgIpc) is 3.32. The third kappa shape index (κ3) is 3.00. The number of fused-ring (bicyclic) bond motifs is 5. The highest BCUT2D eigenvalue weighted by Gasteiger charge is 2.64. The van der Waals surface area contributed by atoms with Crippen molar-refractivity contribution in [3.8, 4) is 0 Å². The topological polar surface area (TPSA) is 57.7 Å². The van der Waals surface area contributed by atoms with Crippen LogP contribution in [0.15, 0.2) is 83.5 Å². The lowest BCUT2D eigenvalue weighted by molar-refractivity contribution is -0.123. The number of nitrogens with zero attached hydrogens (tertiary/aromatic N) is 2. The maximum absolute atomic E-state index is 13.8. The molecule has 3 aliphatic heterocycles. The molecule has 168 valence electrons. The lowest BCUT2D eigenvalue weighted by atomic mass is 9.83. The second kappa shape index (κ2) is 7.74. The van der Waals surface area contributed by atoms with E-state index in [0.29, 0.717) is 11.3 Å². The lowest BCUT2D eigenvalue weighted by Gasteiger charge is -2.35. The van der Waals surface area contributed by atoms with Crippen molar-refractivity contribution in [2.24, 2.45) is 11.8 Å². The zero-order valence-corrected chi connectivity index (χ0v) is 19.4. The van der Waals surface area contributed by atoms with Crippen LogP contribution in [0, 0.1) is 17.7 Å². The van der Waals surface area contributed by atoms with Crippen molar-refractivity contribution in [2.45, 2.75) is 12.1 Å². The molecule has 7 heteroatoms. The summed E-state index contributed by atoms with van der Waals surface area (Å²) >= 11 is 3.39. The monoisotopic (exact) mass is 516 g/mol. The van der Waals surface area contributed by atoms with Crippen molar-refractivity contribution in [2.75, 3.05) is 4.90 Å². The highest BCUT2D eigenvalue weighted by molar-refractivity contribution is 9.10. The molecule has 0 radical (unpaired) electrons. The van der Waals surface area contributed by atoms with E-state index < -0.39 is 35.6 Å². The van der Waals surface area contributed by atoms with Gasteiger partial charge in [0, 0.05) is 16.2 Å². The fourth-order valence-electron chi connectivity index (χ4n) is 5.49. The molecule has 2 fully saturated rings. The van der Waals surface area contributed by atoms with Gasteiger partial charge in [-0.15, -0.1) is 0 Å². The molecule has 0 N–H and O–H groups in total. The predicted molar refractivity (Wildman–Crippen MR) is 128 cm³/mol. The van der Waals surface area contributed by atoms with Crippen molar-refractivity contribution >= 4 is 45.3 Å². The van der Waals surface area contributed by atoms with Crippen LogP contribution in [0.2, 0.25) is 0 Å². The maximum atomic E-state index is 13.8. The lowest BCUT2D eigenvalue weighted by Crippen LogP contribution is -2.44. The highest BCUT2D eigenvalue weighted by atomic mass is 79.9. The molecule has 2 saturated heterocycles. The van der Waals surface area contributed by atoms with Crippen LogP contribution in [0.5, 0.6) is 0 Å². The van der Waals surface area contributed by atoms with Crippen LogP contribution >= 0.6 is 15.9 Å². The van der Waals surface area contributed by atoms with Crippen molar-refractivity contribution in [1.29, 1.82) is 0 Å². The Morgan fingerprint density at radius 2 is 1.53 bits per heavy atom. The number of rotatable bonds is 3. The van der Waals surface area contributed by atoms with E-state index in [1.165, 1.54) is 24.3 Å². The van der Waals surface area contributed by atoms with Crippen molar-refractivity contribution in [3.05, 3.63) is 106 Å². The summed E-state index contributed by atoms with van der Waals surface area (Å²) in [6.45, 7) is 0. The third-order valence-electron chi connectivity index (χ3n) is 6.94. The first kappa shape index (κ1) is 21.0. The van der Waals surface area contributed by atoms with Crippen LogP contribution in [0.4, 0.5) is 10.1 Å². The number of ketones is 1. The smallest absolute Gasteiger partial charge is 0.240 e. The predicted octanol–water partition coefficient (Wildman–Crippen LogP) is 4.99. The second-order valence-electron chi connectivity index (χ2n) is 8.69. The first-order valence-electron chi connectivity index (χ1n) is 10.9. The fourth-order valence-corrected chi connectivity index (χ4v) is 5.75. The first-order valence-corrected chi connectivity index (χ1v) is 11.7. The normalized spacial score (nSPS) is 24.8. The summed E-state index contributed by atoms with van der Waals surface area (Å²) in [5, 5.41) is 0. The number of hydrogen-bond acceptors (Lipinski definition) is 4. The molecule has 0 bridgehead atoms. The highest BCUT2D eigenvalue weighted by Crippen LogP contribution is 2.53. The van der Waals surface area contributed by atoms with Crippen LogP contribution in [-0.2, 0) is 9.59 Å². The Morgan fingerprint density at radius 3 is 2.26 bits per heavy atom. The van der Waals surface area contributed by atoms with Gasteiger partial charge < -0.3 is 4.90 Å². The van der Waals surface area contributed by atoms with Crippen molar-refractivity contribution in [3.63, 3.8) is 0 Å². The van der Waals surface area contributed by atoms with Crippen LogP contribution < -0.4 is 4.90 Å². The van der Waals surface area contributed by atoms with E-state index in [-0.39, 0.29) is 11.7 Å². The molecule has 4 atom stereocenters. The van der Waals surface area contributed by atoms with Crippen molar-refractivity contribution in [1.82, 2.24) is 4.90 Å². The van der Waals surface area contributed by atoms with Crippen molar-refractivity contribution < 1.29 is 18.8 Å². The fraction of sp³-hybridized carbons (Fsp3) is 0.148. The Morgan fingerprint density at radius 1 is 0.853 bits per heavy atom. The maximum Gasteiger partial charge on any atom is 0.240 e. The SMILES string of the molecule is O=C(c1ccc(Br)cc1)[C@H]1[C@H]2C(=O)N(c3ccc(F)cc3)C(=O)[C@H]2[C@@H]2c3ccccc3C=CN12. The summed E-state index contributed by atoms with van der Waals surface area (Å²) in [4.78, 5) is 44.3. The number of Topliss-reactive ketones (excluding diaryl/α,β-unsaturated/α-hetero) is 1. The quantitative estimate of drug-likeness (QED) is 0.363. The number of carbonyl (C=O) groups is 3. The van der Waals surface area contributed by atoms with Gasteiger partial charge in [0.15, 0.2) is 5.78 Å². The number of imide groups is 1. The van der Waals surface area contributed by atoms with Crippen LogP contribution in [0.25, 0.3) is 6.08 Å². The number of halogens is 2. The van der Waals surface area contributed by atoms with Gasteiger partial charge in [0.2, 0.25) is 11.8 Å². The minimum absolute atomic E-state index is 0.212. The molecule has 3 heterocycles. The van der Waals surface area contributed by atoms with Gasteiger partial charge in [0.05, 0.1) is 23.6 Å². The molecule has 0 unspecified atom stereocenters. The minimum atomic E-state index is -0.852. The summed E-state index contributed by atoms with van der Waals surface area (Å²) < 4.78 is 14.4. The van der Waals surface area contributed by atoms with Crippen LogP contribution in [-0.4, -0.2) is 28.5 Å². The standard InChI is InChI=1S/C27H18BrFN2O3/c28-17-7-5-16(6-8-17)25(32)24-22-21(23-20-4-2-1-3-15(20)13-14-30(23)24)26(33)31(27(22)34)19-11-9-18(29)10-12-19/h1-14,21-24H/t21-,22+,23+,24-/m1/s1. The van der Waals surface area contributed by atoms with E-state index in [1.54, 1.807) is 24.3 Å².